The summed E-state index contributed by atoms with van der Waals surface area (Å²) in [6.45, 7) is 2.43. The van der Waals surface area contributed by atoms with Gasteiger partial charge in [0, 0.05) is 25.2 Å². The van der Waals surface area contributed by atoms with Gasteiger partial charge >= 0.3 is 0 Å². The number of methoxy groups -OCH3 is 4. The van der Waals surface area contributed by atoms with Crippen molar-refractivity contribution in [1.29, 1.82) is 0 Å². The summed E-state index contributed by atoms with van der Waals surface area (Å²) in [7, 11) is 9.75. The molecule has 0 amide bonds. The van der Waals surface area contributed by atoms with Gasteiger partial charge in [0.1, 0.15) is 5.75 Å². The first-order chi connectivity index (χ1) is 14.8. The Morgan fingerprint density at radius 3 is 2.10 bits per heavy atom. The molecular weight excluding hydrogens is 422 g/mol. The van der Waals surface area contributed by atoms with Crippen LogP contribution in [0.3, 0.4) is 0 Å². The second-order valence-corrected chi connectivity index (χ2v) is 7.01. The first-order valence-corrected chi connectivity index (χ1v) is 9.93. The van der Waals surface area contributed by atoms with Gasteiger partial charge in [0.15, 0.2) is 11.5 Å². The number of nitrogens with zero attached hydrogens (tertiary/aromatic N) is 1. The first-order valence-electron chi connectivity index (χ1n) is 9.55. The number of hydrogen-bond acceptors (Lipinski definition) is 7. The fourth-order valence-corrected chi connectivity index (χ4v) is 3.32. The van der Waals surface area contributed by atoms with E-state index >= 15 is 0 Å². The molecule has 8 heteroatoms. The summed E-state index contributed by atoms with van der Waals surface area (Å²) in [4.78, 5) is 14.9. The van der Waals surface area contributed by atoms with Gasteiger partial charge in [0.2, 0.25) is 17.3 Å². The van der Waals surface area contributed by atoms with Crippen LogP contribution in [0.15, 0.2) is 29.3 Å². The van der Waals surface area contributed by atoms with Gasteiger partial charge in [-0.05, 0) is 37.3 Å². The SMILES string of the molecule is CCOc1ccc(C(=O)C(Cl)=Cc2cc(OC)c(OC)c(OC)c2OC)cc1N(C)C. The van der Waals surface area contributed by atoms with E-state index in [-0.39, 0.29) is 10.8 Å². The Bertz CT molecular complexity index is 971. The number of hydrogen-bond donors (Lipinski definition) is 0. The number of rotatable bonds is 10. The van der Waals surface area contributed by atoms with Crippen molar-refractivity contribution in [3.63, 3.8) is 0 Å². The fraction of sp³-hybridized carbons (Fsp3) is 0.348. The maximum atomic E-state index is 13.0. The van der Waals surface area contributed by atoms with Crippen LogP contribution in [0.25, 0.3) is 6.08 Å². The largest absolute Gasteiger partial charge is 0.493 e. The van der Waals surface area contributed by atoms with E-state index in [9.17, 15) is 4.79 Å². The number of carbonyl (C=O) groups excluding carboxylic acids is 1. The average Bonchev–Trinajstić information content (AvgIpc) is 2.77. The molecule has 0 spiro atoms. The molecule has 2 aromatic rings. The van der Waals surface area contributed by atoms with Gasteiger partial charge in [0.05, 0.1) is 45.8 Å². The average molecular weight is 450 g/mol. The minimum atomic E-state index is -0.344. The summed E-state index contributed by atoms with van der Waals surface area (Å²) in [5, 5.41) is 0.00133. The Balaban J connectivity index is 2.54. The third-order valence-corrected chi connectivity index (χ3v) is 4.80. The number of anilines is 1. The summed E-state index contributed by atoms with van der Waals surface area (Å²) in [6, 6.07) is 6.86. The van der Waals surface area contributed by atoms with E-state index in [4.69, 9.17) is 35.3 Å². The van der Waals surface area contributed by atoms with Gasteiger partial charge < -0.3 is 28.6 Å². The van der Waals surface area contributed by atoms with Crippen molar-refractivity contribution in [2.24, 2.45) is 0 Å². The molecule has 0 fully saturated rings. The third kappa shape index (κ3) is 5.17. The van der Waals surface area contributed by atoms with E-state index in [0.29, 0.717) is 46.5 Å². The highest BCUT2D eigenvalue weighted by Gasteiger charge is 2.22. The number of benzene rings is 2. The van der Waals surface area contributed by atoms with Crippen molar-refractivity contribution in [1.82, 2.24) is 0 Å². The fourth-order valence-electron chi connectivity index (χ4n) is 3.09. The van der Waals surface area contributed by atoms with Gasteiger partial charge in [-0.25, -0.2) is 0 Å². The van der Waals surface area contributed by atoms with Gasteiger partial charge in [-0.2, -0.15) is 0 Å². The van der Waals surface area contributed by atoms with Crippen molar-refractivity contribution < 1.29 is 28.5 Å². The summed E-state index contributed by atoms with van der Waals surface area (Å²) in [6.07, 6.45) is 1.51. The molecule has 0 unspecified atom stereocenters. The number of halogens is 1. The molecule has 0 aliphatic rings. The second kappa shape index (κ2) is 10.8. The van der Waals surface area contributed by atoms with E-state index in [2.05, 4.69) is 0 Å². The number of allylic oxidation sites excluding steroid dienone is 1. The molecule has 0 aromatic heterocycles. The van der Waals surface area contributed by atoms with Crippen LogP contribution in [0.4, 0.5) is 5.69 Å². The maximum Gasteiger partial charge on any atom is 0.207 e. The lowest BCUT2D eigenvalue weighted by atomic mass is 10.1. The van der Waals surface area contributed by atoms with Crippen LogP contribution >= 0.6 is 11.6 Å². The highest BCUT2D eigenvalue weighted by Crippen LogP contribution is 2.47. The number of ether oxygens (including phenoxy) is 5. The van der Waals surface area contributed by atoms with Crippen LogP contribution in [0.1, 0.15) is 22.8 Å². The molecule has 0 N–H and O–H groups in total. The van der Waals surface area contributed by atoms with E-state index in [1.807, 2.05) is 25.9 Å². The topological polar surface area (TPSA) is 66.5 Å². The molecule has 0 saturated heterocycles. The molecule has 168 valence electrons. The summed E-state index contributed by atoms with van der Waals surface area (Å²) in [5.74, 6) is 1.84. The second-order valence-electron chi connectivity index (χ2n) is 6.60. The molecule has 0 atom stereocenters. The van der Waals surface area contributed by atoms with Crippen molar-refractivity contribution >= 4 is 29.1 Å². The lowest BCUT2D eigenvalue weighted by Gasteiger charge is -2.18. The van der Waals surface area contributed by atoms with Gasteiger partial charge in [-0.3, -0.25) is 4.79 Å². The Morgan fingerprint density at radius 1 is 0.935 bits per heavy atom. The highest BCUT2D eigenvalue weighted by molar-refractivity contribution is 6.47. The molecule has 2 aromatic carbocycles. The minimum absolute atomic E-state index is 0.00133. The third-order valence-electron chi connectivity index (χ3n) is 4.52. The Hall–Kier alpha value is -3.06. The Kier molecular flexibility index (Phi) is 8.45. The number of carbonyl (C=O) groups is 1. The molecule has 0 radical (unpaired) electrons. The molecular formula is C23H28ClNO6. The van der Waals surface area contributed by atoms with Crippen molar-refractivity contribution in [2.75, 3.05) is 54.0 Å². The highest BCUT2D eigenvalue weighted by atomic mass is 35.5. The summed E-state index contributed by atoms with van der Waals surface area (Å²) in [5.41, 5.74) is 1.72. The number of ketones is 1. The zero-order chi connectivity index (χ0) is 23.1. The van der Waals surface area contributed by atoms with E-state index in [1.54, 1.807) is 24.3 Å². The van der Waals surface area contributed by atoms with Crippen LogP contribution in [0.5, 0.6) is 28.7 Å². The quantitative estimate of drug-likeness (QED) is 0.386. The predicted octanol–water partition coefficient (Wildman–Crippen LogP) is 4.65. The molecule has 2 rings (SSSR count). The van der Waals surface area contributed by atoms with Crippen molar-refractivity contribution in [2.45, 2.75) is 6.92 Å². The zero-order valence-corrected chi connectivity index (χ0v) is 19.6. The molecule has 0 heterocycles. The number of Topliss-reactive ketones (excluding diaryl/α,β-unsaturated/α-hetero) is 1. The van der Waals surface area contributed by atoms with Crippen LogP contribution in [0, 0.1) is 0 Å². The smallest absolute Gasteiger partial charge is 0.207 e. The van der Waals surface area contributed by atoms with Crippen LogP contribution in [-0.2, 0) is 0 Å². The monoisotopic (exact) mass is 449 g/mol. The summed E-state index contributed by atoms with van der Waals surface area (Å²) < 4.78 is 27.3. The molecule has 7 nitrogen and oxygen atoms in total. The molecule has 0 saturated carbocycles. The zero-order valence-electron chi connectivity index (χ0n) is 18.9. The lowest BCUT2D eigenvalue weighted by Crippen LogP contribution is -2.12. The van der Waals surface area contributed by atoms with Crippen LogP contribution < -0.4 is 28.6 Å². The first kappa shape index (κ1) is 24.2. The lowest BCUT2D eigenvalue weighted by molar-refractivity contribution is 0.104. The van der Waals surface area contributed by atoms with Gasteiger partial charge in [-0.1, -0.05) is 11.6 Å². The van der Waals surface area contributed by atoms with Crippen LogP contribution in [0.2, 0.25) is 0 Å². The van der Waals surface area contributed by atoms with Gasteiger partial charge in [-0.15, -0.1) is 0 Å². The minimum Gasteiger partial charge on any atom is -0.493 e. The molecule has 0 aliphatic heterocycles. The Morgan fingerprint density at radius 2 is 1.58 bits per heavy atom. The predicted molar refractivity (Wildman–Crippen MR) is 123 cm³/mol. The van der Waals surface area contributed by atoms with Gasteiger partial charge in [0.25, 0.3) is 0 Å². The summed E-state index contributed by atoms with van der Waals surface area (Å²) >= 11 is 6.43. The van der Waals surface area contributed by atoms with Crippen LogP contribution in [-0.4, -0.2) is 54.9 Å². The molecule has 31 heavy (non-hydrogen) atoms. The molecule has 0 aliphatic carbocycles. The van der Waals surface area contributed by atoms with E-state index < -0.39 is 0 Å². The molecule has 0 bridgehead atoms. The van der Waals surface area contributed by atoms with E-state index in [0.717, 1.165) is 5.69 Å². The standard InChI is InChI=1S/C23H28ClNO6/c1-8-31-18-10-9-14(12-17(18)25(2)3)20(26)16(24)11-15-13-19(27-4)22(29-6)23(30-7)21(15)28-5/h9-13H,8H2,1-7H3. The van der Waals surface area contributed by atoms with Crippen molar-refractivity contribution in [3.05, 3.63) is 40.4 Å². The Labute approximate surface area is 188 Å². The normalized spacial score (nSPS) is 11.0. The maximum absolute atomic E-state index is 13.0. The van der Waals surface area contributed by atoms with Crippen molar-refractivity contribution in [3.8, 4) is 28.7 Å². The van der Waals surface area contributed by atoms with E-state index in [1.165, 1.54) is 34.5 Å².